The maximum atomic E-state index is 5.92. The van der Waals surface area contributed by atoms with E-state index >= 15 is 0 Å². The van der Waals surface area contributed by atoms with Gasteiger partial charge in [0.25, 0.3) is 0 Å². The molecule has 0 spiro atoms. The van der Waals surface area contributed by atoms with Crippen LogP contribution in [0.15, 0.2) is 33.4 Å². The molecule has 0 atom stereocenters. The second kappa shape index (κ2) is 12.6. The van der Waals surface area contributed by atoms with Gasteiger partial charge in [0.15, 0.2) is 5.58 Å². The second-order valence-electron chi connectivity index (χ2n) is 5.99. The molecule has 0 radical (unpaired) electrons. The van der Waals surface area contributed by atoms with E-state index in [-0.39, 0.29) is 12.4 Å². The maximum Gasteiger partial charge on any atom is 0.151 e. The normalized spacial score (nSPS) is 10.8. The first kappa shape index (κ1) is 21.3. The summed E-state index contributed by atoms with van der Waals surface area (Å²) in [5.74, 6) is 0.918. The molecule has 0 amide bonds. The summed E-state index contributed by atoms with van der Waals surface area (Å²) < 4.78 is 12.4. The smallest absolute Gasteiger partial charge is 0.151 e. The lowest BCUT2D eigenvalue weighted by atomic mass is 10.1. The summed E-state index contributed by atoms with van der Waals surface area (Å²) in [5, 5.41) is 4.24. The van der Waals surface area contributed by atoms with Crippen LogP contribution < -0.4 is 10.1 Å². The lowest BCUT2D eigenvalue weighted by Gasteiger charge is -2.08. The second-order valence-corrected chi connectivity index (χ2v) is 6.84. The van der Waals surface area contributed by atoms with E-state index in [0.29, 0.717) is 0 Å². The van der Waals surface area contributed by atoms with Crippen LogP contribution in [0.2, 0.25) is 0 Å². The van der Waals surface area contributed by atoms with Gasteiger partial charge in [0.1, 0.15) is 5.75 Å². The molecule has 5 heteroatoms. The number of rotatable bonds is 12. The Bertz CT molecular complexity index is 573. The van der Waals surface area contributed by atoms with Crippen LogP contribution in [0.1, 0.15) is 51.4 Å². The number of ether oxygens (including phenoxy) is 1. The van der Waals surface area contributed by atoms with Crippen molar-refractivity contribution in [2.45, 2.75) is 51.4 Å². The zero-order valence-corrected chi connectivity index (χ0v) is 16.9. The summed E-state index contributed by atoms with van der Waals surface area (Å²) in [6.07, 6.45) is 12.1. The zero-order chi connectivity index (χ0) is 16.3. The van der Waals surface area contributed by atoms with Crippen LogP contribution in [-0.2, 0) is 0 Å². The summed E-state index contributed by atoms with van der Waals surface area (Å²) >= 11 is 3.49. The quantitative estimate of drug-likeness (QED) is 0.409. The number of furan rings is 1. The molecule has 3 nitrogen and oxygen atoms in total. The van der Waals surface area contributed by atoms with Gasteiger partial charge >= 0.3 is 0 Å². The molecule has 0 aliphatic rings. The Morgan fingerprint density at radius 1 is 0.958 bits per heavy atom. The van der Waals surface area contributed by atoms with Crippen molar-refractivity contribution in [2.75, 3.05) is 20.2 Å². The van der Waals surface area contributed by atoms with Crippen molar-refractivity contribution >= 4 is 39.3 Å². The third-order valence-electron chi connectivity index (χ3n) is 4.11. The lowest BCUT2D eigenvalue weighted by Crippen LogP contribution is -2.06. The molecule has 0 fully saturated rings. The average molecular weight is 419 g/mol. The average Bonchev–Trinajstić information content (AvgIpc) is 3.05. The number of hydrogen-bond donors (Lipinski definition) is 1. The molecule has 1 N–H and O–H groups in total. The van der Waals surface area contributed by atoms with E-state index in [9.17, 15) is 0 Å². The third kappa shape index (κ3) is 7.04. The molecule has 2 aromatic rings. The standard InChI is InChI=1S/C19H28BrNO2.ClH/c1-21-13-8-6-4-2-3-5-7-9-14-22-18-11-10-17(20)19-16(18)12-15-23-19;/h10-12,15,21H,2-9,13-14H2,1H3;1H. The highest BCUT2D eigenvalue weighted by molar-refractivity contribution is 9.10. The minimum absolute atomic E-state index is 0. The van der Waals surface area contributed by atoms with Gasteiger partial charge in [-0.3, -0.25) is 0 Å². The molecule has 0 unspecified atom stereocenters. The molecule has 0 aliphatic heterocycles. The van der Waals surface area contributed by atoms with Crippen LogP contribution in [0.3, 0.4) is 0 Å². The maximum absolute atomic E-state index is 5.92. The van der Waals surface area contributed by atoms with Crippen LogP contribution in [0.5, 0.6) is 5.75 Å². The monoisotopic (exact) mass is 417 g/mol. The topological polar surface area (TPSA) is 34.4 Å². The summed E-state index contributed by atoms with van der Waals surface area (Å²) in [7, 11) is 2.02. The molecule has 0 saturated heterocycles. The van der Waals surface area contributed by atoms with Gasteiger partial charge in [0.05, 0.1) is 22.7 Å². The molecular formula is C19H29BrClNO2. The molecule has 1 aromatic heterocycles. The van der Waals surface area contributed by atoms with Gasteiger partial charge in [0.2, 0.25) is 0 Å². The van der Waals surface area contributed by atoms with E-state index in [2.05, 4.69) is 21.2 Å². The van der Waals surface area contributed by atoms with Gasteiger partial charge in [-0.05, 0) is 60.6 Å². The molecule has 136 valence electrons. The fourth-order valence-corrected chi connectivity index (χ4v) is 3.21. The Morgan fingerprint density at radius 2 is 1.62 bits per heavy atom. The van der Waals surface area contributed by atoms with E-state index in [1.807, 2.05) is 25.2 Å². The molecule has 0 aliphatic carbocycles. The highest BCUT2D eigenvalue weighted by Gasteiger charge is 2.08. The number of hydrogen-bond acceptors (Lipinski definition) is 3. The zero-order valence-electron chi connectivity index (χ0n) is 14.5. The van der Waals surface area contributed by atoms with Crippen molar-refractivity contribution < 1.29 is 9.15 Å². The van der Waals surface area contributed by atoms with E-state index < -0.39 is 0 Å². The first-order chi connectivity index (χ1) is 11.3. The number of nitrogens with one attached hydrogen (secondary N) is 1. The van der Waals surface area contributed by atoms with Crippen LogP contribution in [-0.4, -0.2) is 20.2 Å². The van der Waals surface area contributed by atoms with E-state index in [0.717, 1.165) is 40.8 Å². The van der Waals surface area contributed by atoms with E-state index in [1.54, 1.807) is 6.26 Å². The van der Waals surface area contributed by atoms with Gasteiger partial charge in [-0.2, -0.15) is 0 Å². The van der Waals surface area contributed by atoms with Crippen molar-refractivity contribution in [3.8, 4) is 5.75 Å². The van der Waals surface area contributed by atoms with Gasteiger partial charge in [-0.15, -0.1) is 12.4 Å². The number of fused-ring (bicyclic) bond motifs is 1. The molecule has 0 bridgehead atoms. The highest BCUT2D eigenvalue weighted by atomic mass is 79.9. The number of unbranched alkanes of at least 4 members (excludes halogenated alkanes) is 7. The SMILES string of the molecule is CNCCCCCCCCCCOc1ccc(Br)c2occc12.Cl. The molecular weight excluding hydrogens is 390 g/mol. The predicted molar refractivity (Wildman–Crippen MR) is 108 cm³/mol. The third-order valence-corrected chi connectivity index (χ3v) is 4.73. The van der Waals surface area contributed by atoms with Gasteiger partial charge in [-0.25, -0.2) is 0 Å². The Balaban J connectivity index is 0.00000288. The van der Waals surface area contributed by atoms with Crippen LogP contribution in [0.25, 0.3) is 11.0 Å². The highest BCUT2D eigenvalue weighted by Crippen LogP contribution is 2.32. The van der Waals surface area contributed by atoms with Crippen LogP contribution in [0, 0.1) is 0 Å². The fourth-order valence-electron chi connectivity index (χ4n) is 2.78. The van der Waals surface area contributed by atoms with Crippen molar-refractivity contribution in [3.05, 3.63) is 28.9 Å². The molecule has 1 heterocycles. The largest absolute Gasteiger partial charge is 0.493 e. The fraction of sp³-hybridized carbons (Fsp3) is 0.579. The van der Waals surface area contributed by atoms with Crippen molar-refractivity contribution in [3.63, 3.8) is 0 Å². The van der Waals surface area contributed by atoms with Gasteiger partial charge in [-0.1, -0.05) is 38.5 Å². The number of halogens is 2. The Labute approximate surface area is 160 Å². The van der Waals surface area contributed by atoms with Crippen LogP contribution in [0.4, 0.5) is 0 Å². The van der Waals surface area contributed by atoms with Crippen molar-refractivity contribution in [2.24, 2.45) is 0 Å². The summed E-state index contributed by atoms with van der Waals surface area (Å²) in [6.45, 7) is 1.93. The predicted octanol–water partition coefficient (Wildman–Crippen LogP) is 6.34. The summed E-state index contributed by atoms with van der Waals surface area (Å²) in [5.41, 5.74) is 0.862. The summed E-state index contributed by atoms with van der Waals surface area (Å²) in [4.78, 5) is 0. The molecule has 24 heavy (non-hydrogen) atoms. The van der Waals surface area contributed by atoms with E-state index in [4.69, 9.17) is 9.15 Å². The Kier molecular flexibility index (Phi) is 11.2. The van der Waals surface area contributed by atoms with Crippen molar-refractivity contribution in [1.29, 1.82) is 0 Å². The first-order valence-electron chi connectivity index (χ1n) is 8.76. The molecule has 0 saturated carbocycles. The summed E-state index contributed by atoms with van der Waals surface area (Å²) in [6, 6.07) is 5.95. The minimum atomic E-state index is 0. The number of benzene rings is 1. The Hall–Kier alpha value is -0.710. The van der Waals surface area contributed by atoms with Crippen LogP contribution >= 0.6 is 28.3 Å². The molecule has 1 aromatic carbocycles. The van der Waals surface area contributed by atoms with Gasteiger partial charge < -0.3 is 14.5 Å². The minimum Gasteiger partial charge on any atom is -0.493 e. The Morgan fingerprint density at radius 3 is 2.33 bits per heavy atom. The lowest BCUT2D eigenvalue weighted by molar-refractivity contribution is 0.307. The van der Waals surface area contributed by atoms with E-state index in [1.165, 1.54) is 44.9 Å². The first-order valence-corrected chi connectivity index (χ1v) is 9.55. The van der Waals surface area contributed by atoms with Gasteiger partial charge in [0, 0.05) is 0 Å². The van der Waals surface area contributed by atoms with Crippen molar-refractivity contribution in [1.82, 2.24) is 5.32 Å². The molecule has 2 rings (SSSR count).